The van der Waals surface area contributed by atoms with Gasteiger partial charge in [0.2, 0.25) is 17.7 Å². The number of fused-ring (bicyclic) bond motifs is 6. The van der Waals surface area contributed by atoms with E-state index in [0.717, 1.165) is 33.3 Å². The molecule has 7 rings (SSSR count). The summed E-state index contributed by atoms with van der Waals surface area (Å²) in [6.45, 7) is 20.4. The van der Waals surface area contributed by atoms with Crippen molar-refractivity contribution in [3.8, 4) is 34.2 Å². The summed E-state index contributed by atoms with van der Waals surface area (Å²) in [7, 11) is 1.56. The van der Waals surface area contributed by atoms with Gasteiger partial charge in [0, 0.05) is 79.4 Å². The Labute approximate surface area is 386 Å². The third kappa shape index (κ3) is 9.32. The molecule has 3 aliphatic rings. The van der Waals surface area contributed by atoms with Crippen LogP contribution in [0.4, 0.5) is 0 Å². The van der Waals surface area contributed by atoms with Gasteiger partial charge >= 0.3 is 5.97 Å². The van der Waals surface area contributed by atoms with Crippen molar-refractivity contribution in [1.29, 1.82) is 5.26 Å². The fourth-order valence-electron chi connectivity index (χ4n) is 9.85. The smallest absolute Gasteiger partial charge is 0.378 e. The van der Waals surface area contributed by atoms with Crippen LogP contribution in [0.25, 0.3) is 33.3 Å². The lowest BCUT2D eigenvalue weighted by molar-refractivity contribution is -0.693. The minimum absolute atomic E-state index is 0.0216. The van der Waals surface area contributed by atoms with Gasteiger partial charge in [0.25, 0.3) is 11.9 Å². The predicted molar refractivity (Wildman–Crippen MR) is 250 cm³/mol. The highest BCUT2D eigenvalue weighted by Crippen LogP contribution is 2.44. The number of rotatable bonds is 8. The number of aromatic hydroxyl groups is 1. The summed E-state index contributed by atoms with van der Waals surface area (Å²) in [5, 5.41) is 27.1. The van der Waals surface area contributed by atoms with Crippen molar-refractivity contribution >= 4 is 47.2 Å². The zero-order valence-electron chi connectivity index (χ0n) is 39.0. The number of likely N-dealkylation sites (N-methyl/N-ethyl adjacent to an activating group) is 1. The maximum atomic E-state index is 14.9. The van der Waals surface area contributed by atoms with E-state index < -0.39 is 52.7 Å². The molecule has 6 bridgehead atoms. The van der Waals surface area contributed by atoms with Crippen LogP contribution in [0.15, 0.2) is 73.6 Å². The first kappa shape index (κ1) is 47.2. The van der Waals surface area contributed by atoms with Crippen molar-refractivity contribution in [3.05, 3.63) is 84.7 Å². The number of carbonyl (C=O) groups excluding carboxylic acids is 5. The number of cyclic esters (lactones) is 1. The number of likely N-dealkylation sites (tertiary alicyclic amines) is 1. The van der Waals surface area contributed by atoms with Crippen molar-refractivity contribution in [3.63, 3.8) is 0 Å². The number of pyridine rings is 1. The number of nitrogens with one attached hydrogen (secondary N) is 1. The highest BCUT2D eigenvalue weighted by atomic mass is 16.5. The molecule has 2 N–H and O–H groups in total. The Hall–Kier alpha value is -6.82. The minimum atomic E-state index is -1.22. The van der Waals surface area contributed by atoms with E-state index in [4.69, 9.17) is 4.74 Å². The molecular weight excluding hydrogens is 837 g/mol. The number of amides is 4. The second-order valence-electron chi connectivity index (χ2n) is 19.6. The summed E-state index contributed by atoms with van der Waals surface area (Å²) in [6.07, 6.45) is 5.91. The van der Waals surface area contributed by atoms with Crippen LogP contribution < -0.4 is 5.32 Å². The number of nitrogens with zero attached hydrogens (tertiary/aromatic N) is 7. The number of carbonyl (C=O) groups is 5. The van der Waals surface area contributed by atoms with Gasteiger partial charge in [-0.05, 0) is 85.7 Å². The zero-order valence-corrected chi connectivity index (χ0v) is 39.0. The minimum Gasteiger partial charge on any atom is -0.508 e. The fourth-order valence-corrected chi connectivity index (χ4v) is 9.85. The summed E-state index contributed by atoms with van der Waals surface area (Å²) >= 11 is 0. The molecule has 4 aromatic rings. The number of hydrazine groups is 1. The fraction of sp³-hybridized carbons (Fsp3) is 0.451. The molecule has 3 aliphatic heterocycles. The Kier molecular flexibility index (Phi) is 13.3. The number of benzene rings is 2. The third-order valence-electron chi connectivity index (χ3n) is 13.2. The SMILES string of the molecule is C=CC(=O)N1CC[C@H](C(=O)N(C)[C@H](C(=O)N[C@H]2Cc3cc(O)cc(c3)-c3ccc4c(C(C)(C)C#N)c(-c5cccnc5)n(c4c3)CC(C)(C)COC(=O)[C@@H]3CCCN(C2=O)[N+]3=C)C(C)C)C1. The van der Waals surface area contributed by atoms with Crippen LogP contribution in [-0.4, -0.2) is 122 Å². The average molecular weight is 898 g/mol. The normalized spacial score (nSPS) is 20.6. The number of nitriles is 1. The summed E-state index contributed by atoms with van der Waals surface area (Å²) in [4.78, 5) is 77.2. The number of ether oxygens (including phenoxy) is 1. The molecule has 0 aliphatic carbocycles. The summed E-state index contributed by atoms with van der Waals surface area (Å²) in [5.74, 6) is -3.13. The summed E-state index contributed by atoms with van der Waals surface area (Å²) < 4.78 is 9.62. The van der Waals surface area contributed by atoms with Gasteiger partial charge in [-0.15, -0.1) is 9.69 Å². The molecule has 2 aromatic heterocycles. The molecule has 0 radical (unpaired) electrons. The number of aromatic nitrogens is 2. The Bertz CT molecular complexity index is 2640. The van der Waals surface area contributed by atoms with Gasteiger partial charge in [-0.3, -0.25) is 24.2 Å². The van der Waals surface area contributed by atoms with Gasteiger partial charge in [0.05, 0.1) is 36.2 Å². The van der Waals surface area contributed by atoms with Crippen molar-refractivity contribution < 1.29 is 38.5 Å². The van der Waals surface area contributed by atoms with Gasteiger partial charge in [0.1, 0.15) is 17.8 Å². The lowest BCUT2D eigenvalue weighted by Gasteiger charge is -2.34. The van der Waals surface area contributed by atoms with E-state index in [0.29, 0.717) is 43.5 Å². The van der Waals surface area contributed by atoms with Crippen molar-refractivity contribution in [2.24, 2.45) is 17.3 Å². The first-order valence-corrected chi connectivity index (χ1v) is 22.6. The van der Waals surface area contributed by atoms with Crippen molar-refractivity contribution in [2.45, 2.75) is 97.3 Å². The number of hydrazone groups is 1. The quantitative estimate of drug-likeness (QED) is 0.129. The molecule has 4 atom stereocenters. The van der Waals surface area contributed by atoms with E-state index in [1.807, 2.05) is 77.9 Å². The van der Waals surface area contributed by atoms with Crippen LogP contribution >= 0.6 is 0 Å². The van der Waals surface area contributed by atoms with Gasteiger partial charge in [-0.25, -0.2) is 4.79 Å². The van der Waals surface area contributed by atoms with Crippen LogP contribution in [0.3, 0.4) is 0 Å². The van der Waals surface area contributed by atoms with Gasteiger partial charge in [0.15, 0.2) is 6.72 Å². The van der Waals surface area contributed by atoms with E-state index in [1.165, 1.54) is 20.7 Å². The number of phenolic OH excluding ortho intramolecular Hbond substituents is 1. The maximum Gasteiger partial charge on any atom is 0.378 e. The summed E-state index contributed by atoms with van der Waals surface area (Å²) in [5.41, 5.74) is 3.62. The van der Waals surface area contributed by atoms with Gasteiger partial charge < -0.3 is 29.5 Å². The molecule has 66 heavy (non-hydrogen) atoms. The van der Waals surface area contributed by atoms with E-state index in [-0.39, 0.29) is 49.6 Å². The topological polar surface area (TPSA) is 181 Å². The Morgan fingerprint density at radius 1 is 1.09 bits per heavy atom. The standard InChI is InChI=1S/C51H60N8O7/c1-10-42(61)57-20-17-35(27-57)47(63)55(8)44(31(2)3)46(62)54-39-23-32-21-36(24-37(60)22-32)33-15-16-38-41(25-33)58(45(34-13-11-18-53-26-34)43(38)51(6,7)28-52)29-50(4,5)30-66-49(65)40-14-12-19-59(48(39)64)56(40)9/h10-11,13,15-16,18,21-22,24-26,31,35,39-40,44H,1,9,12,14,17,19-20,23,27,29-30H2,2-8H3,(H-,54,60,62)/p+1/t35-,39-,40-,44-/m0/s1. The van der Waals surface area contributed by atoms with E-state index in [9.17, 15) is 34.3 Å². The number of hydrogen-bond donors (Lipinski definition) is 2. The molecule has 15 nitrogen and oxygen atoms in total. The molecule has 5 heterocycles. The highest BCUT2D eigenvalue weighted by molar-refractivity contribution is 5.97. The molecule has 0 spiro atoms. The molecule has 0 unspecified atom stereocenters. The Balaban J connectivity index is 1.34. The largest absolute Gasteiger partial charge is 0.508 e. The van der Waals surface area contributed by atoms with Crippen LogP contribution in [0.1, 0.15) is 71.9 Å². The molecule has 2 saturated heterocycles. The van der Waals surface area contributed by atoms with Crippen molar-refractivity contribution in [1.82, 2.24) is 29.7 Å². The van der Waals surface area contributed by atoms with E-state index in [2.05, 4.69) is 34.2 Å². The number of phenols is 1. The maximum absolute atomic E-state index is 14.9. The molecule has 15 heteroatoms. The van der Waals surface area contributed by atoms with Crippen LogP contribution in [0.2, 0.25) is 0 Å². The van der Waals surface area contributed by atoms with Crippen LogP contribution in [-0.2, 0) is 47.1 Å². The molecule has 2 aromatic carbocycles. The Morgan fingerprint density at radius 2 is 1.85 bits per heavy atom. The average Bonchev–Trinajstić information content (AvgIpc) is 3.91. The van der Waals surface area contributed by atoms with Crippen LogP contribution in [0.5, 0.6) is 5.75 Å². The van der Waals surface area contributed by atoms with E-state index >= 15 is 0 Å². The monoisotopic (exact) mass is 897 g/mol. The lowest BCUT2D eigenvalue weighted by atomic mass is 9.82. The second-order valence-corrected chi connectivity index (χ2v) is 19.6. The van der Waals surface area contributed by atoms with Crippen molar-refractivity contribution in [2.75, 3.05) is 33.3 Å². The predicted octanol–water partition coefficient (Wildman–Crippen LogP) is 5.62. The second kappa shape index (κ2) is 18.6. The van der Waals surface area contributed by atoms with E-state index in [1.54, 1.807) is 36.5 Å². The summed E-state index contributed by atoms with van der Waals surface area (Å²) in [6, 6.07) is 14.2. The molecule has 2 fully saturated rings. The number of esters is 1. The lowest BCUT2D eigenvalue weighted by Crippen LogP contribution is -2.60. The Morgan fingerprint density at radius 3 is 2.53 bits per heavy atom. The molecule has 0 saturated carbocycles. The number of hydrogen-bond acceptors (Lipinski definition) is 9. The first-order valence-electron chi connectivity index (χ1n) is 22.6. The van der Waals surface area contributed by atoms with Crippen LogP contribution in [0, 0.1) is 28.6 Å². The highest BCUT2D eigenvalue weighted by Gasteiger charge is 2.45. The zero-order chi connectivity index (χ0) is 47.8. The molecule has 346 valence electrons. The first-order chi connectivity index (χ1) is 31.2. The third-order valence-corrected chi connectivity index (χ3v) is 13.2. The molecular formula is C51H61N8O7+. The van der Waals surface area contributed by atoms with Gasteiger partial charge in [-0.2, -0.15) is 5.26 Å². The van der Waals surface area contributed by atoms with Gasteiger partial charge in [-0.1, -0.05) is 52.5 Å². The molecule has 4 amide bonds.